The first-order valence-corrected chi connectivity index (χ1v) is 18.0. The molecule has 0 atom stereocenters. The van der Waals surface area contributed by atoms with E-state index in [1.807, 2.05) is 6.07 Å². The smallest absolute Gasteiger partial charge is 0.0464 e. The number of benzene rings is 9. The highest BCUT2D eigenvalue weighted by atomic mass is 14.9. The first-order valence-electron chi connectivity index (χ1n) is 18.0. The first-order chi connectivity index (χ1) is 25.5. The van der Waals surface area contributed by atoms with Crippen molar-refractivity contribution >= 4 is 43.7 Å². The van der Waals surface area contributed by atoms with Crippen molar-refractivity contribution < 1.29 is 0 Å². The van der Waals surface area contributed by atoms with Crippen molar-refractivity contribution in [3.63, 3.8) is 0 Å². The number of hydrogen-bond donors (Lipinski definition) is 1. The lowest BCUT2D eigenvalue weighted by Gasteiger charge is -2.16. The molecule has 0 unspecified atom stereocenters. The Bertz CT molecular complexity index is 2640. The van der Waals surface area contributed by atoms with Gasteiger partial charge in [0.2, 0.25) is 0 Å². The van der Waals surface area contributed by atoms with Crippen molar-refractivity contribution in [2.75, 3.05) is 5.32 Å². The van der Waals surface area contributed by atoms with Gasteiger partial charge in [-0.15, -0.1) is 0 Å². The van der Waals surface area contributed by atoms with Gasteiger partial charge in [-0.05, 0) is 122 Å². The first kappa shape index (κ1) is 32.7. The van der Waals surface area contributed by atoms with E-state index in [4.69, 9.17) is 0 Å². The van der Waals surface area contributed by atoms with Crippen molar-refractivity contribution in [1.29, 1.82) is 0 Å². The summed E-state index contributed by atoms with van der Waals surface area (Å²) in [4.78, 5) is 0. The second-order valence-corrected chi connectivity index (χ2v) is 13.6. The third-order valence-corrected chi connectivity index (χ3v) is 10.1. The predicted molar refractivity (Wildman–Crippen MR) is 226 cm³/mol. The normalized spacial score (nSPS) is 11.0. The molecule has 1 nitrogen and oxygen atoms in total. The van der Waals surface area contributed by atoms with E-state index < -0.39 is 0 Å². The van der Waals surface area contributed by atoms with E-state index in [-0.39, 0.29) is 0 Å². The van der Waals surface area contributed by atoms with Gasteiger partial charge in [0.05, 0.1) is 0 Å². The zero-order valence-corrected chi connectivity index (χ0v) is 29.9. The second-order valence-electron chi connectivity index (χ2n) is 13.6. The largest absolute Gasteiger partial charge is 0.355 e. The van der Waals surface area contributed by atoms with Crippen molar-refractivity contribution in [3.8, 4) is 33.4 Å². The molecule has 0 aliphatic carbocycles. The van der Waals surface area contributed by atoms with E-state index in [0.717, 1.165) is 11.4 Å². The number of nitrogens with one attached hydrogen (secondary N) is 1. The van der Waals surface area contributed by atoms with Crippen LogP contribution in [0.4, 0.5) is 11.4 Å². The van der Waals surface area contributed by atoms with Crippen LogP contribution in [0.15, 0.2) is 188 Å². The zero-order valence-electron chi connectivity index (χ0n) is 29.9. The molecule has 0 saturated carbocycles. The van der Waals surface area contributed by atoms with Gasteiger partial charge in [-0.2, -0.15) is 0 Å². The lowest BCUT2D eigenvalue weighted by atomic mass is 9.91. The Hall–Kier alpha value is -6.44. The van der Waals surface area contributed by atoms with Gasteiger partial charge in [0.25, 0.3) is 0 Å². The fourth-order valence-corrected chi connectivity index (χ4v) is 7.35. The van der Waals surface area contributed by atoms with E-state index in [2.05, 4.69) is 208 Å². The summed E-state index contributed by atoms with van der Waals surface area (Å²) in [6, 6.07) is 67.1. The molecule has 1 heteroatoms. The van der Waals surface area contributed by atoms with Gasteiger partial charge in [0.1, 0.15) is 0 Å². The fraction of sp³-hybridized carbons (Fsp3) is 0.0588. The average Bonchev–Trinajstić information content (AvgIpc) is 3.20. The molecule has 0 fully saturated rings. The molecule has 9 aromatic carbocycles. The Morgan fingerprint density at radius 3 is 1.46 bits per heavy atom. The van der Waals surface area contributed by atoms with E-state index in [1.54, 1.807) is 0 Å². The Balaban J connectivity index is 0.000000171. The van der Waals surface area contributed by atoms with Crippen LogP contribution in [0, 0.1) is 20.8 Å². The van der Waals surface area contributed by atoms with Crippen LogP contribution in [-0.4, -0.2) is 0 Å². The molecular weight excluding hydrogens is 627 g/mol. The molecule has 1 N–H and O–H groups in total. The maximum Gasteiger partial charge on any atom is 0.0464 e. The van der Waals surface area contributed by atoms with Gasteiger partial charge >= 0.3 is 0 Å². The quantitative estimate of drug-likeness (QED) is 0.180. The van der Waals surface area contributed by atoms with Crippen LogP contribution in [0.5, 0.6) is 0 Å². The molecular formula is C51H41N. The SMILES string of the molecule is Cc1ccc2c3ccccc3c3ccccc3c2c1.Cc1ccccc1-c1cc(-c2ccc(Nc3ccccc3)c(-c3ccccc3)c2)ccc1C. The maximum absolute atomic E-state index is 3.60. The zero-order chi connectivity index (χ0) is 35.4. The van der Waals surface area contributed by atoms with E-state index in [9.17, 15) is 0 Å². The van der Waals surface area contributed by atoms with Gasteiger partial charge in [-0.3, -0.25) is 0 Å². The van der Waals surface area contributed by atoms with Crippen molar-refractivity contribution in [1.82, 2.24) is 0 Å². The molecule has 0 aliphatic heterocycles. The molecule has 0 heterocycles. The van der Waals surface area contributed by atoms with Crippen LogP contribution < -0.4 is 5.32 Å². The maximum atomic E-state index is 3.60. The predicted octanol–water partition coefficient (Wildman–Crippen LogP) is 14.5. The molecule has 0 aromatic heterocycles. The highest BCUT2D eigenvalue weighted by molar-refractivity contribution is 6.25. The van der Waals surface area contributed by atoms with Crippen LogP contribution in [0.1, 0.15) is 16.7 Å². The summed E-state index contributed by atoms with van der Waals surface area (Å²) in [5.74, 6) is 0. The summed E-state index contributed by atoms with van der Waals surface area (Å²) in [5.41, 5.74) is 13.5. The van der Waals surface area contributed by atoms with E-state index in [1.165, 1.54) is 82.4 Å². The minimum absolute atomic E-state index is 1.08. The van der Waals surface area contributed by atoms with Crippen LogP contribution >= 0.6 is 0 Å². The number of fused-ring (bicyclic) bond motifs is 6. The van der Waals surface area contributed by atoms with Crippen LogP contribution in [0.25, 0.3) is 65.7 Å². The van der Waals surface area contributed by atoms with Gasteiger partial charge in [0.15, 0.2) is 0 Å². The highest BCUT2D eigenvalue weighted by Crippen LogP contribution is 2.38. The molecule has 250 valence electrons. The monoisotopic (exact) mass is 667 g/mol. The standard InChI is InChI=1S/C32H27N.C19H14/c1-23-11-9-10-16-29(23)30-21-26(18-17-24(30)2)27-19-20-32(33-28-14-7-4-8-15-28)31(22-27)25-12-5-3-6-13-25;1-13-10-11-18-16-8-3-2-6-14(16)15-7-4-5-9-17(15)19(18)12-13/h3-22,33H,1-2H3;2-12H,1H3. The summed E-state index contributed by atoms with van der Waals surface area (Å²) < 4.78 is 0. The lowest BCUT2D eigenvalue weighted by molar-refractivity contribution is 1.41. The Morgan fingerprint density at radius 1 is 0.308 bits per heavy atom. The Kier molecular flexibility index (Phi) is 9.08. The number of para-hydroxylation sites is 1. The molecule has 0 radical (unpaired) electrons. The van der Waals surface area contributed by atoms with Crippen molar-refractivity contribution in [2.45, 2.75) is 20.8 Å². The van der Waals surface area contributed by atoms with Crippen molar-refractivity contribution in [3.05, 3.63) is 205 Å². The van der Waals surface area contributed by atoms with Crippen LogP contribution in [0.2, 0.25) is 0 Å². The topological polar surface area (TPSA) is 12.0 Å². The second kappa shape index (κ2) is 14.4. The molecule has 0 amide bonds. The Labute approximate surface area is 306 Å². The molecule has 9 rings (SSSR count). The minimum atomic E-state index is 1.08. The fourth-order valence-electron chi connectivity index (χ4n) is 7.35. The third kappa shape index (κ3) is 6.57. The van der Waals surface area contributed by atoms with Gasteiger partial charge in [-0.1, -0.05) is 163 Å². The van der Waals surface area contributed by atoms with E-state index in [0.29, 0.717) is 0 Å². The summed E-state index contributed by atoms with van der Waals surface area (Å²) in [6.45, 7) is 6.52. The van der Waals surface area contributed by atoms with Crippen molar-refractivity contribution in [2.24, 2.45) is 0 Å². The molecule has 0 saturated heterocycles. The highest BCUT2D eigenvalue weighted by Gasteiger charge is 2.12. The number of hydrogen-bond acceptors (Lipinski definition) is 1. The van der Waals surface area contributed by atoms with Gasteiger partial charge < -0.3 is 5.32 Å². The van der Waals surface area contributed by atoms with Gasteiger partial charge in [-0.25, -0.2) is 0 Å². The molecule has 0 spiro atoms. The average molecular weight is 668 g/mol. The van der Waals surface area contributed by atoms with Crippen LogP contribution in [0.3, 0.4) is 0 Å². The van der Waals surface area contributed by atoms with Gasteiger partial charge in [0, 0.05) is 16.9 Å². The van der Waals surface area contributed by atoms with E-state index >= 15 is 0 Å². The molecule has 0 aliphatic rings. The summed E-state index contributed by atoms with van der Waals surface area (Å²) >= 11 is 0. The Morgan fingerprint density at radius 2 is 0.808 bits per heavy atom. The molecule has 0 bridgehead atoms. The lowest BCUT2D eigenvalue weighted by Crippen LogP contribution is -1.94. The summed E-state index contributed by atoms with van der Waals surface area (Å²) in [5, 5.41) is 11.7. The third-order valence-electron chi connectivity index (χ3n) is 10.1. The van der Waals surface area contributed by atoms with Crippen LogP contribution in [-0.2, 0) is 0 Å². The molecule has 9 aromatic rings. The molecule has 52 heavy (non-hydrogen) atoms. The summed E-state index contributed by atoms with van der Waals surface area (Å²) in [6.07, 6.45) is 0. The number of rotatable bonds is 5. The number of anilines is 2. The minimum Gasteiger partial charge on any atom is -0.355 e. The number of aryl methyl sites for hydroxylation is 3. The summed E-state index contributed by atoms with van der Waals surface area (Å²) in [7, 11) is 0.